The summed E-state index contributed by atoms with van der Waals surface area (Å²) < 4.78 is 0. The molecule has 0 aromatic carbocycles. The molecular formula is C34H66P4S. The minimum Gasteiger partial charge on any atom is -0.106 e. The van der Waals surface area contributed by atoms with Crippen molar-refractivity contribution in [3.05, 3.63) is 0 Å². The zero-order chi connectivity index (χ0) is 28.3. The Balaban J connectivity index is 1.58. The first kappa shape index (κ1) is 34.0. The van der Waals surface area contributed by atoms with E-state index >= 15 is 0 Å². The molecular weight excluding hydrogens is 564 g/mol. The fourth-order valence-corrected chi connectivity index (χ4v) is 38.1. The zero-order valence-electron chi connectivity index (χ0n) is 27.4. The van der Waals surface area contributed by atoms with Gasteiger partial charge in [0.25, 0.3) is 0 Å². The van der Waals surface area contributed by atoms with Crippen LogP contribution in [0.5, 0.6) is 0 Å². The smallest absolute Gasteiger partial charge is 0.00241 e. The quantitative estimate of drug-likeness (QED) is 0.182. The van der Waals surface area contributed by atoms with Gasteiger partial charge in [0.1, 0.15) is 0 Å². The molecule has 5 unspecified atom stereocenters. The molecule has 4 saturated heterocycles. The molecule has 5 heteroatoms. The highest BCUT2D eigenvalue weighted by Crippen LogP contribution is 2.84. The van der Waals surface area contributed by atoms with E-state index in [9.17, 15) is 0 Å². The van der Waals surface area contributed by atoms with Gasteiger partial charge in [-0.05, 0) is 167 Å². The Morgan fingerprint density at radius 2 is 0.923 bits per heavy atom. The molecule has 4 fully saturated rings. The molecule has 0 bridgehead atoms. The standard InChI is InChI=1S/C34H66P4S/c1-10-25-18-19-26(11-2)35(25)24(9)36-29(14-5)22-31(33(36)16-7)32-23-30(15-6)38(34(32)17-8)39-37-27(12-3)20-21-28(37)13-4/h24-34H,10-23H2,1-9H3/t24?,25-,26-,27-,28-,29-,30-,31?,32?,33-,34-,36?,38?/m1/s1. The molecule has 0 aromatic rings. The van der Waals surface area contributed by atoms with Gasteiger partial charge in [-0.1, -0.05) is 78.2 Å². The zero-order valence-corrected chi connectivity index (χ0v) is 31.8. The first-order chi connectivity index (χ1) is 18.9. The fraction of sp³-hybridized carbons (Fsp3) is 1.00. The van der Waals surface area contributed by atoms with Crippen LogP contribution in [0.15, 0.2) is 0 Å². The largest absolute Gasteiger partial charge is 0.106 e. The van der Waals surface area contributed by atoms with Gasteiger partial charge >= 0.3 is 0 Å². The molecule has 13 atom stereocenters. The van der Waals surface area contributed by atoms with Crippen LogP contribution < -0.4 is 0 Å². The molecule has 0 nitrogen and oxygen atoms in total. The van der Waals surface area contributed by atoms with Gasteiger partial charge in [0.05, 0.1) is 0 Å². The molecule has 0 aliphatic carbocycles. The van der Waals surface area contributed by atoms with Gasteiger partial charge < -0.3 is 0 Å². The number of hydrogen-bond acceptors (Lipinski definition) is 1. The second-order valence-corrected chi connectivity index (χ2v) is 29.2. The molecule has 4 heterocycles. The fourth-order valence-electron chi connectivity index (χ4n) is 9.99. The maximum Gasteiger partial charge on any atom is -0.00241 e. The first-order valence-electron chi connectivity index (χ1n) is 17.7. The third-order valence-electron chi connectivity index (χ3n) is 12.1. The van der Waals surface area contributed by atoms with Crippen LogP contribution in [0.3, 0.4) is 0 Å². The molecule has 0 N–H and O–H groups in total. The van der Waals surface area contributed by atoms with Crippen LogP contribution in [-0.4, -0.2) is 50.7 Å². The van der Waals surface area contributed by atoms with Crippen LogP contribution in [-0.2, 0) is 0 Å². The van der Waals surface area contributed by atoms with Crippen LogP contribution in [0.25, 0.3) is 0 Å². The summed E-state index contributed by atoms with van der Waals surface area (Å²) in [4.78, 5) is 0. The van der Waals surface area contributed by atoms with Crippen molar-refractivity contribution >= 4 is 41.1 Å². The van der Waals surface area contributed by atoms with E-state index < -0.39 is 0 Å². The van der Waals surface area contributed by atoms with E-state index in [4.69, 9.17) is 0 Å². The Hall–Kier alpha value is 2.07. The molecule has 0 saturated carbocycles. The van der Waals surface area contributed by atoms with Crippen molar-refractivity contribution in [2.75, 3.05) is 0 Å². The van der Waals surface area contributed by atoms with E-state index in [1.54, 1.807) is 38.5 Å². The molecule has 39 heavy (non-hydrogen) atoms. The van der Waals surface area contributed by atoms with Crippen LogP contribution in [0.2, 0.25) is 0 Å². The van der Waals surface area contributed by atoms with Crippen molar-refractivity contribution in [1.29, 1.82) is 0 Å². The van der Waals surface area contributed by atoms with Crippen molar-refractivity contribution in [1.82, 2.24) is 0 Å². The lowest BCUT2D eigenvalue weighted by Crippen LogP contribution is -2.28. The molecule has 0 amide bonds. The Bertz CT molecular complexity index is 710. The minimum atomic E-state index is 0.153. The highest BCUT2D eigenvalue weighted by atomic mass is 33.1. The summed E-state index contributed by atoms with van der Waals surface area (Å²) in [7, 11) is 0.771. The van der Waals surface area contributed by atoms with Gasteiger partial charge in [-0.2, -0.15) is 0 Å². The highest BCUT2D eigenvalue weighted by Gasteiger charge is 2.55. The van der Waals surface area contributed by atoms with E-state index in [1.165, 1.54) is 51.4 Å². The number of rotatable bonds is 13. The van der Waals surface area contributed by atoms with Crippen LogP contribution in [0.1, 0.15) is 152 Å². The molecule has 0 spiro atoms. The Labute approximate surface area is 254 Å². The average Bonchev–Trinajstić information content (AvgIpc) is 3.73. The van der Waals surface area contributed by atoms with Gasteiger partial charge in [-0.25, -0.2) is 0 Å². The van der Waals surface area contributed by atoms with Gasteiger partial charge in [0, 0.05) is 0 Å². The van der Waals surface area contributed by atoms with Gasteiger partial charge in [0.15, 0.2) is 0 Å². The normalized spacial score (nSPS) is 44.5. The lowest BCUT2D eigenvalue weighted by atomic mass is 9.79. The highest BCUT2D eigenvalue weighted by molar-refractivity contribution is 8.85. The van der Waals surface area contributed by atoms with Gasteiger partial charge in [-0.15, -0.1) is 11.0 Å². The third-order valence-corrected chi connectivity index (χ3v) is 35.0. The Kier molecular flexibility index (Phi) is 13.8. The van der Waals surface area contributed by atoms with Crippen LogP contribution in [0.4, 0.5) is 0 Å². The van der Waals surface area contributed by atoms with Gasteiger partial charge in [-0.3, -0.25) is 0 Å². The summed E-state index contributed by atoms with van der Waals surface area (Å²) in [6, 6.07) is 0. The summed E-state index contributed by atoms with van der Waals surface area (Å²) in [5.41, 5.74) is 8.62. The van der Waals surface area contributed by atoms with Crippen LogP contribution in [0, 0.1) is 11.8 Å². The van der Waals surface area contributed by atoms with Crippen molar-refractivity contribution in [3.63, 3.8) is 0 Å². The lowest BCUT2D eigenvalue weighted by molar-refractivity contribution is 0.294. The monoisotopic (exact) mass is 630 g/mol. The minimum absolute atomic E-state index is 0.153. The van der Waals surface area contributed by atoms with E-state index in [1.807, 2.05) is 0 Å². The van der Waals surface area contributed by atoms with E-state index in [-0.39, 0.29) is 30.1 Å². The average molecular weight is 631 g/mol. The molecule has 0 aromatic heterocycles. The Morgan fingerprint density at radius 1 is 0.487 bits per heavy atom. The van der Waals surface area contributed by atoms with Gasteiger partial charge in [0.2, 0.25) is 0 Å². The summed E-state index contributed by atoms with van der Waals surface area (Å²) >= 11 is 2.70. The summed E-state index contributed by atoms with van der Waals surface area (Å²) in [6.07, 6.45) is 21.2. The van der Waals surface area contributed by atoms with Crippen LogP contribution >= 0.6 is 41.1 Å². The first-order valence-corrected chi connectivity index (χ1v) is 25.8. The van der Waals surface area contributed by atoms with E-state index in [0.717, 1.165) is 62.5 Å². The lowest BCUT2D eigenvalue weighted by Gasteiger charge is -2.41. The maximum atomic E-state index is 2.82. The topological polar surface area (TPSA) is 0 Å². The van der Waals surface area contributed by atoms with Crippen molar-refractivity contribution < 1.29 is 0 Å². The molecule has 4 aliphatic rings. The summed E-state index contributed by atoms with van der Waals surface area (Å²) in [6.45, 7) is 23.3. The summed E-state index contributed by atoms with van der Waals surface area (Å²) in [5, 5.41) is 1.07. The SMILES string of the molecule is CC[C@@H]1CC[C@@H](CC)P1SP1[C@H](CC)CC(C2C[C@@H](CC)P(C(C)P3[C@H](CC)CC[C@H]3CC)[C@@H]2CC)[C@H]1CC. The molecule has 228 valence electrons. The molecule has 4 rings (SSSR count). The van der Waals surface area contributed by atoms with E-state index in [2.05, 4.69) is 73.3 Å². The van der Waals surface area contributed by atoms with Crippen molar-refractivity contribution in [3.8, 4) is 0 Å². The van der Waals surface area contributed by atoms with Crippen molar-refractivity contribution in [2.24, 2.45) is 11.8 Å². The Morgan fingerprint density at radius 3 is 1.38 bits per heavy atom. The van der Waals surface area contributed by atoms with E-state index in [0.29, 0.717) is 0 Å². The second kappa shape index (κ2) is 15.9. The second-order valence-electron chi connectivity index (χ2n) is 13.6. The predicted molar refractivity (Wildman–Crippen MR) is 192 cm³/mol. The predicted octanol–water partition coefficient (Wildman–Crippen LogP) is 13.7. The third kappa shape index (κ3) is 6.85. The summed E-state index contributed by atoms with van der Waals surface area (Å²) in [5.74, 6) is 2.13. The van der Waals surface area contributed by atoms with Crippen molar-refractivity contribution in [2.45, 2.75) is 203 Å². The number of hydrogen-bond donors (Lipinski definition) is 0. The molecule has 0 radical (unpaired) electrons. The maximum absolute atomic E-state index is 2.82. The molecule has 4 aliphatic heterocycles.